The lowest BCUT2D eigenvalue weighted by Gasteiger charge is -2.10. The number of hydrogen-bond acceptors (Lipinski definition) is 5. The van der Waals surface area contributed by atoms with Crippen LogP contribution >= 0.6 is 0 Å². The number of carbonyl (C=O) groups excluding carboxylic acids is 1. The highest BCUT2D eigenvalue weighted by molar-refractivity contribution is 6.01. The molecule has 0 spiro atoms. The molecular formula is C11H10O6. The van der Waals surface area contributed by atoms with Gasteiger partial charge in [0.2, 0.25) is 6.10 Å². The number of aliphatic carboxylic acids is 1. The molecule has 1 aliphatic heterocycles. The molecule has 0 bridgehead atoms. The number of methoxy groups -OCH3 is 2. The summed E-state index contributed by atoms with van der Waals surface area (Å²) in [5, 5.41) is 8.92. The Bertz CT molecular complexity index is 493. The van der Waals surface area contributed by atoms with Gasteiger partial charge in [-0.3, -0.25) is 0 Å². The van der Waals surface area contributed by atoms with E-state index in [1.165, 1.54) is 26.4 Å². The van der Waals surface area contributed by atoms with E-state index < -0.39 is 18.0 Å². The van der Waals surface area contributed by atoms with E-state index in [2.05, 4.69) is 0 Å². The van der Waals surface area contributed by atoms with Gasteiger partial charge in [-0.1, -0.05) is 0 Å². The second kappa shape index (κ2) is 3.97. The van der Waals surface area contributed by atoms with Crippen LogP contribution in [0, 0.1) is 0 Å². The van der Waals surface area contributed by atoms with Gasteiger partial charge in [0.15, 0.2) is 11.5 Å². The van der Waals surface area contributed by atoms with Gasteiger partial charge in [-0.15, -0.1) is 0 Å². The maximum atomic E-state index is 11.6. The zero-order valence-corrected chi connectivity index (χ0v) is 9.22. The molecule has 1 atom stereocenters. The smallest absolute Gasteiger partial charge is 0.349 e. The van der Waals surface area contributed by atoms with Crippen molar-refractivity contribution < 1.29 is 28.9 Å². The molecule has 0 fully saturated rings. The Morgan fingerprint density at radius 2 is 2.06 bits per heavy atom. The molecule has 1 aromatic rings. The highest BCUT2D eigenvalue weighted by atomic mass is 16.6. The lowest BCUT2D eigenvalue weighted by Crippen LogP contribution is -2.10. The maximum absolute atomic E-state index is 11.6. The number of hydrogen-bond donors (Lipinski definition) is 1. The largest absolute Gasteiger partial charge is 0.493 e. The molecule has 1 heterocycles. The van der Waals surface area contributed by atoms with Gasteiger partial charge in [-0.05, 0) is 12.1 Å². The molecular weight excluding hydrogens is 228 g/mol. The van der Waals surface area contributed by atoms with Crippen LogP contribution in [-0.2, 0) is 9.53 Å². The summed E-state index contributed by atoms with van der Waals surface area (Å²) in [4.78, 5) is 22.5. The van der Waals surface area contributed by atoms with Crippen LogP contribution in [0.2, 0.25) is 0 Å². The van der Waals surface area contributed by atoms with E-state index in [-0.39, 0.29) is 16.9 Å². The van der Waals surface area contributed by atoms with E-state index in [0.717, 1.165) is 0 Å². The molecule has 0 saturated carbocycles. The second-order valence-corrected chi connectivity index (χ2v) is 3.39. The van der Waals surface area contributed by atoms with Crippen LogP contribution in [0.3, 0.4) is 0 Å². The summed E-state index contributed by atoms with van der Waals surface area (Å²) in [5.41, 5.74) is 0.388. The van der Waals surface area contributed by atoms with Crippen molar-refractivity contribution in [3.63, 3.8) is 0 Å². The first-order valence-electron chi connectivity index (χ1n) is 4.78. The first-order valence-corrected chi connectivity index (χ1v) is 4.78. The normalized spacial score (nSPS) is 17.3. The van der Waals surface area contributed by atoms with Crippen molar-refractivity contribution in [2.24, 2.45) is 0 Å². The average Bonchev–Trinajstić information content (AvgIpc) is 2.66. The summed E-state index contributed by atoms with van der Waals surface area (Å²) in [6.07, 6.45) is -1.28. The lowest BCUT2D eigenvalue weighted by molar-refractivity contribution is -0.146. The van der Waals surface area contributed by atoms with Crippen molar-refractivity contribution in [2.45, 2.75) is 6.10 Å². The molecule has 1 aromatic carbocycles. The van der Waals surface area contributed by atoms with Crippen LogP contribution in [0.1, 0.15) is 22.0 Å². The summed E-state index contributed by atoms with van der Waals surface area (Å²) in [7, 11) is 2.80. The summed E-state index contributed by atoms with van der Waals surface area (Å²) in [6, 6.07) is 3.02. The van der Waals surface area contributed by atoms with E-state index in [0.29, 0.717) is 5.75 Å². The van der Waals surface area contributed by atoms with Crippen molar-refractivity contribution in [2.75, 3.05) is 14.2 Å². The van der Waals surface area contributed by atoms with E-state index in [1.54, 1.807) is 0 Å². The minimum Gasteiger partial charge on any atom is -0.493 e. The first-order chi connectivity index (χ1) is 8.10. The van der Waals surface area contributed by atoms with E-state index in [9.17, 15) is 9.59 Å². The van der Waals surface area contributed by atoms with Gasteiger partial charge >= 0.3 is 11.9 Å². The fraction of sp³-hybridized carbons (Fsp3) is 0.273. The fourth-order valence-electron chi connectivity index (χ4n) is 1.78. The second-order valence-electron chi connectivity index (χ2n) is 3.39. The Morgan fingerprint density at radius 1 is 1.35 bits per heavy atom. The Labute approximate surface area is 96.7 Å². The third kappa shape index (κ3) is 1.57. The van der Waals surface area contributed by atoms with Crippen LogP contribution < -0.4 is 9.47 Å². The van der Waals surface area contributed by atoms with Gasteiger partial charge in [0.25, 0.3) is 0 Å². The quantitative estimate of drug-likeness (QED) is 0.791. The fourth-order valence-corrected chi connectivity index (χ4v) is 1.78. The van der Waals surface area contributed by atoms with Gasteiger partial charge < -0.3 is 19.3 Å². The molecule has 6 nitrogen and oxygen atoms in total. The molecule has 0 saturated heterocycles. The predicted molar refractivity (Wildman–Crippen MR) is 55.3 cm³/mol. The molecule has 2 rings (SSSR count). The van der Waals surface area contributed by atoms with Crippen molar-refractivity contribution in [1.82, 2.24) is 0 Å². The van der Waals surface area contributed by atoms with E-state index in [4.69, 9.17) is 19.3 Å². The molecule has 90 valence electrons. The van der Waals surface area contributed by atoms with Gasteiger partial charge in [-0.25, -0.2) is 9.59 Å². The number of cyclic esters (lactones) is 1. The third-order valence-electron chi connectivity index (χ3n) is 2.51. The molecule has 1 N–H and O–H groups in total. The first kappa shape index (κ1) is 11.3. The topological polar surface area (TPSA) is 82.1 Å². The molecule has 17 heavy (non-hydrogen) atoms. The number of rotatable bonds is 3. The highest BCUT2D eigenvalue weighted by Gasteiger charge is 2.39. The van der Waals surface area contributed by atoms with Crippen molar-refractivity contribution in [3.05, 3.63) is 23.3 Å². The SMILES string of the molecule is COc1ccc2c(c1OC)C(=O)O[C@@H]2C(=O)O. The zero-order chi connectivity index (χ0) is 12.6. The minimum atomic E-state index is -1.28. The van der Waals surface area contributed by atoms with E-state index >= 15 is 0 Å². The van der Waals surface area contributed by atoms with Crippen molar-refractivity contribution in [3.8, 4) is 11.5 Å². The number of carboxylic acid groups (broad SMARTS) is 1. The number of benzene rings is 1. The average molecular weight is 238 g/mol. The summed E-state index contributed by atoms with van der Waals surface area (Å²) >= 11 is 0. The molecule has 0 aliphatic carbocycles. The summed E-state index contributed by atoms with van der Waals surface area (Å²) in [6.45, 7) is 0. The molecule has 0 unspecified atom stereocenters. The Morgan fingerprint density at radius 3 is 2.59 bits per heavy atom. The standard InChI is InChI=1S/C11H10O6/c1-15-6-4-3-5-7(9(6)16-2)11(14)17-8(5)10(12)13/h3-4,8H,1-2H3,(H,12,13)/t8-/m0/s1. The highest BCUT2D eigenvalue weighted by Crippen LogP contribution is 2.41. The van der Waals surface area contributed by atoms with Crippen LogP contribution in [-0.4, -0.2) is 31.3 Å². The van der Waals surface area contributed by atoms with Crippen LogP contribution in [0.15, 0.2) is 12.1 Å². The third-order valence-corrected chi connectivity index (χ3v) is 2.51. The van der Waals surface area contributed by atoms with Crippen molar-refractivity contribution in [1.29, 1.82) is 0 Å². The summed E-state index contributed by atoms with van der Waals surface area (Å²) in [5.74, 6) is -1.39. The predicted octanol–water partition coefficient (Wildman–Crippen LogP) is 1.000. The van der Waals surface area contributed by atoms with Crippen LogP contribution in [0.25, 0.3) is 0 Å². The number of esters is 1. The molecule has 6 heteroatoms. The monoisotopic (exact) mass is 238 g/mol. The van der Waals surface area contributed by atoms with E-state index in [1.807, 2.05) is 0 Å². The van der Waals surface area contributed by atoms with Crippen molar-refractivity contribution >= 4 is 11.9 Å². The number of ether oxygens (including phenoxy) is 3. The van der Waals surface area contributed by atoms with Gasteiger partial charge in [-0.2, -0.15) is 0 Å². The lowest BCUT2D eigenvalue weighted by atomic mass is 10.0. The summed E-state index contributed by atoms with van der Waals surface area (Å²) < 4.78 is 14.8. The molecule has 0 aromatic heterocycles. The Balaban J connectivity index is 2.63. The zero-order valence-electron chi connectivity index (χ0n) is 9.22. The minimum absolute atomic E-state index is 0.110. The number of carboxylic acids is 1. The molecule has 1 aliphatic rings. The van der Waals surface area contributed by atoms with Gasteiger partial charge in [0.05, 0.1) is 14.2 Å². The number of carbonyl (C=O) groups is 2. The van der Waals surface area contributed by atoms with Gasteiger partial charge in [0, 0.05) is 5.56 Å². The maximum Gasteiger partial charge on any atom is 0.349 e. The Kier molecular flexibility index (Phi) is 2.63. The van der Waals surface area contributed by atoms with Crippen LogP contribution in [0.4, 0.5) is 0 Å². The van der Waals surface area contributed by atoms with Gasteiger partial charge in [0.1, 0.15) is 5.56 Å². The molecule has 0 radical (unpaired) electrons. The van der Waals surface area contributed by atoms with Crippen LogP contribution in [0.5, 0.6) is 11.5 Å². The number of fused-ring (bicyclic) bond motifs is 1. The molecule has 0 amide bonds. The Hall–Kier alpha value is -2.24.